The van der Waals surface area contributed by atoms with Crippen LogP contribution in [0.2, 0.25) is 0 Å². The highest BCUT2D eigenvalue weighted by atomic mass is 14.2. The van der Waals surface area contributed by atoms with Gasteiger partial charge in [-0.2, -0.15) is 0 Å². The maximum Gasteiger partial charge on any atom is -0.00852 e. The van der Waals surface area contributed by atoms with Gasteiger partial charge < -0.3 is 0 Å². The van der Waals surface area contributed by atoms with Gasteiger partial charge in [0.15, 0.2) is 0 Å². The Morgan fingerprint density at radius 1 is 1.00 bits per heavy atom. The summed E-state index contributed by atoms with van der Waals surface area (Å²) in [6.07, 6.45) is 3.53. The summed E-state index contributed by atoms with van der Waals surface area (Å²) in [5.74, 6) is 1.27. The maximum atomic E-state index is 2.40. The molecule has 0 aromatic heterocycles. The summed E-state index contributed by atoms with van der Waals surface area (Å²) in [4.78, 5) is 0. The SMILES string of the molecule is CC(C)C1=CCc2cccc(C(C)C)c21. The molecule has 0 amide bonds. The molecule has 0 saturated heterocycles. The van der Waals surface area contributed by atoms with E-state index in [-0.39, 0.29) is 0 Å². The van der Waals surface area contributed by atoms with E-state index < -0.39 is 0 Å². The van der Waals surface area contributed by atoms with Gasteiger partial charge in [0.25, 0.3) is 0 Å². The van der Waals surface area contributed by atoms with Gasteiger partial charge in [-0.3, -0.25) is 0 Å². The number of fused-ring (bicyclic) bond motifs is 1. The van der Waals surface area contributed by atoms with Crippen molar-refractivity contribution in [3.63, 3.8) is 0 Å². The van der Waals surface area contributed by atoms with Gasteiger partial charge in [0.2, 0.25) is 0 Å². The molecule has 0 aliphatic heterocycles. The molecule has 1 aromatic rings. The average Bonchev–Trinajstić information content (AvgIpc) is 2.60. The van der Waals surface area contributed by atoms with E-state index in [0.29, 0.717) is 11.8 Å². The predicted molar refractivity (Wildman–Crippen MR) is 67.1 cm³/mol. The molecule has 15 heavy (non-hydrogen) atoms. The van der Waals surface area contributed by atoms with E-state index >= 15 is 0 Å². The topological polar surface area (TPSA) is 0 Å². The first-order valence-electron chi connectivity index (χ1n) is 5.93. The van der Waals surface area contributed by atoms with E-state index in [0.717, 1.165) is 6.42 Å². The third kappa shape index (κ3) is 1.73. The van der Waals surface area contributed by atoms with Gasteiger partial charge in [0.05, 0.1) is 0 Å². The molecular weight excluding hydrogens is 180 g/mol. The molecule has 2 rings (SSSR count). The molecule has 0 bridgehead atoms. The van der Waals surface area contributed by atoms with E-state index in [4.69, 9.17) is 0 Å². The molecule has 0 fully saturated rings. The highest BCUT2D eigenvalue weighted by Gasteiger charge is 2.20. The fourth-order valence-corrected chi connectivity index (χ4v) is 2.47. The van der Waals surface area contributed by atoms with Gasteiger partial charge in [-0.05, 0) is 40.5 Å². The lowest BCUT2D eigenvalue weighted by Crippen LogP contribution is -1.99. The summed E-state index contributed by atoms with van der Waals surface area (Å²) >= 11 is 0. The summed E-state index contributed by atoms with van der Waals surface area (Å²) in [5, 5.41) is 0. The van der Waals surface area contributed by atoms with E-state index in [9.17, 15) is 0 Å². The van der Waals surface area contributed by atoms with Crippen molar-refractivity contribution in [2.75, 3.05) is 0 Å². The standard InChI is InChI=1S/C15H20/c1-10(2)13-7-5-6-12-8-9-14(11(3)4)15(12)13/h5-7,9-11H,8H2,1-4H3. The molecule has 0 heterocycles. The van der Waals surface area contributed by atoms with Crippen LogP contribution >= 0.6 is 0 Å². The van der Waals surface area contributed by atoms with Crippen LogP contribution in [0.1, 0.15) is 50.3 Å². The Bertz CT molecular complexity index is 394. The summed E-state index contributed by atoms with van der Waals surface area (Å²) in [5.41, 5.74) is 6.13. The number of allylic oxidation sites excluding steroid dienone is 2. The highest BCUT2D eigenvalue weighted by molar-refractivity contribution is 5.76. The van der Waals surface area contributed by atoms with Crippen molar-refractivity contribution in [2.24, 2.45) is 5.92 Å². The third-order valence-corrected chi connectivity index (χ3v) is 3.26. The second-order valence-corrected chi connectivity index (χ2v) is 5.05. The maximum absolute atomic E-state index is 2.40. The molecular formula is C15H20. The van der Waals surface area contributed by atoms with Crippen molar-refractivity contribution < 1.29 is 0 Å². The zero-order valence-corrected chi connectivity index (χ0v) is 10.2. The molecule has 0 spiro atoms. The van der Waals surface area contributed by atoms with Crippen LogP contribution in [0.25, 0.3) is 5.57 Å². The Morgan fingerprint density at radius 3 is 2.33 bits per heavy atom. The number of hydrogen-bond donors (Lipinski definition) is 0. The first-order valence-corrected chi connectivity index (χ1v) is 5.93. The van der Waals surface area contributed by atoms with Crippen molar-refractivity contribution in [3.05, 3.63) is 41.0 Å². The van der Waals surface area contributed by atoms with Crippen molar-refractivity contribution in [1.82, 2.24) is 0 Å². The molecule has 80 valence electrons. The van der Waals surface area contributed by atoms with E-state index in [1.165, 1.54) is 11.1 Å². The van der Waals surface area contributed by atoms with Gasteiger partial charge in [-0.1, -0.05) is 52.0 Å². The van der Waals surface area contributed by atoms with Gasteiger partial charge in [0.1, 0.15) is 0 Å². The number of hydrogen-bond acceptors (Lipinski definition) is 0. The molecule has 0 unspecified atom stereocenters. The van der Waals surface area contributed by atoms with Crippen LogP contribution in [-0.4, -0.2) is 0 Å². The Hall–Kier alpha value is -1.04. The predicted octanol–water partition coefficient (Wildman–Crippen LogP) is 4.41. The van der Waals surface area contributed by atoms with Crippen LogP contribution in [0.3, 0.4) is 0 Å². The zero-order valence-electron chi connectivity index (χ0n) is 10.2. The number of benzene rings is 1. The number of rotatable bonds is 2. The van der Waals surface area contributed by atoms with Crippen LogP contribution in [0.4, 0.5) is 0 Å². The Morgan fingerprint density at radius 2 is 1.73 bits per heavy atom. The van der Waals surface area contributed by atoms with Gasteiger partial charge in [0, 0.05) is 0 Å². The molecule has 1 aliphatic rings. The van der Waals surface area contributed by atoms with E-state index in [2.05, 4.69) is 52.0 Å². The van der Waals surface area contributed by atoms with Crippen LogP contribution < -0.4 is 0 Å². The molecule has 0 saturated carbocycles. The molecule has 0 nitrogen and oxygen atoms in total. The molecule has 0 radical (unpaired) electrons. The van der Waals surface area contributed by atoms with Gasteiger partial charge in [-0.15, -0.1) is 0 Å². The monoisotopic (exact) mass is 200 g/mol. The summed E-state index contributed by atoms with van der Waals surface area (Å²) in [6, 6.07) is 6.75. The van der Waals surface area contributed by atoms with E-state index in [1.807, 2.05) is 0 Å². The van der Waals surface area contributed by atoms with Crippen LogP contribution in [0.15, 0.2) is 24.3 Å². The van der Waals surface area contributed by atoms with Gasteiger partial charge >= 0.3 is 0 Å². The molecule has 0 heteroatoms. The summed E-state index contributed by atoms with van der Waals surface area (Å²) in [6.45, 7) is 9.15. The normalized spacial score (nSPS) is 14.7. The van der Waals surface area contributed by atoms with E-state index in [1.54, 1.807) is 11.1 Å². The second kappa shape index (κ2) is 3.84. The first kappa shape index (κ1) is 10.5. The lowest BCUT2D eigenvalue weighted by Gasteiger charge is -2.17. The van der Waals surface area contributed by atoms with Crippen LogP contribution in [0, 0.1) is 5.92 Å². The summed E-state index contributed by atoms with van der Waals surface area (Å²) < 4.78 is 0. The quantitative estimate of drug-likeness (QED) is 0.663. The lowest BCUT2D eigenvalue weighted by molar-refractivity contribution is 0.832. The minimum atomic E-state index is 0.625. The fraction of sp³-hybridized carbons (Fsp3) is 0.467. The smallest absolute Gasteiger partial charge is 0.00852 e. The molecule has 0 N–H and O–H groups in total. The molecule has 0 atom stereocenters. The Balaban J connectivity index is 2.55. The van der Waals surface area contributed by atoms with Gasteiger partial charge in [-0.25, -0.2) is 0 Å². The van der Waals surface area contributed by atoms with Crippen LogP contribution in [0.5, 0.6) is 0 Å². The molecule has 1 aromatic carbocycles. The Labute approximate surface area is 93.0 Å². The lowest BCUT2D eigenvalue weighted by atomic mass is 9.88. The average molecular weight is 200 g/mol. The Kier molecular flexibility index (Phi) is 2.68. The zero-order chi connectivity index (χ0) is 11.0. The minimum Gasteiger partial charge on any atom is -0.0760 e. The largest absolute Gasteiger partial charge is 0.0760 e. The summed E-state index contributed by atoms with van der Waals surface area (Å²) in [7, 11) is 0. The minimum absolute atomic E-state index is 0.625. The van der Waals surface area contributed by atoms with Crippen molar-refractivity contribution >= 4 is 5.57 Å². The van der Waals surface area contributed by atoms with Crippen molar-refractivity contribution in [2.45, 2.75) is 40.0 Å². The fourth-order valence-electron chi connectivity index (χ4n) is 2.47. The molecule has 1 aliphatic carbocycles. The van der Waals surface area contributed by atoms with Crippen LogP contribution in [-0.2, 0) is 6.42 Å². The first-order chi connectivity index (χ1) is 7.11. The van der Waals surface area contributed by atoms with Crippen molar-refractivity contribution in [1.29, 1.82) is 0 Å². The second-order valence-electron chi connectivity index (χ2n) is 5.05. The highest BCUT2D eigenvalue weighted by Crippen LogP contribution is 2.37. The third-order valence-electron chi connectivity index (χ3n) is 3.26. The van der Waals surface area contributed by atoms with Crippen molar-refractivity contribution in [3.8, 4) is 0 Å².